The summed E-state index contributed by atoms with van der Waals surface area (Å²) in [6, 6.07) is 9.84. The molecule has 2 aliphatic rings. The number of halogens is 3. The van der Waals surface area contributed by atoms with Crippen LogP contribution in [0, 0.1) is 5.92 Å². The lowest BCUT2D eigenvalue weighted by molar-refractivity contribution is -0.138. The average molecular weight is 497 g/mol. The molecule has 0 bridgehead atoms. The number of rotatable bonds is 7. The maximum atomic E-state index is 13.7. The SMILES string of the molecule is CC(C)c1cc2c(cc1C(F)(F)F)NC(=O)CC(c1cccc(-n3nncc3CNCC3CC3)c1)=N2. The van der Waals surface area contributed by atoms with E-state index < -0.39 is 17.6 Å². The smallest absolute Gasteiger partial charge is 0.324 e. The minimum absolute atomic E-state index is 0.0585. The first-order valence-electron chi connectivity index (χ1n) is 12.0. The number of alkyl halides is 3. The average Bonchev–Trinajstić information content (AvgIpc) is 3.56. The van der Waals surface area contributed by atoms with E-state index in [4.69, 9.17) is 0 Å². The Balaban J connectivity index is 1.50. The third-order valence-corrected chi connectivity index (χ3v) is 6.43. The molecular weight excluding hydrogens is 469 g/mol. The van der Waals surface area contributed by atoms with Gasteiger partial charge in [-0.3, -0.25) is 9.79 Å². The van der Waals surface area contributed by atoms with Crippen LogP contribution in [0.4, 0.5) is 24.5 Å². The van der Waals surface area contributed by atoms with E-state index in [1.165, 1.54) is 18.9 Å². The third-order valence-electron chi connectivity index (χ3n) is 6.43. The number of benzene rings is 2. The monoisotopic (exact) mass is 496 g/mol. The van der Waals surface area contributed by atoms with Crippen molar-refractivity contribution >= 4 is 23.0 Å². The summed E-state index contributed by atoms with van der Waals surface area (Å²) in [5.74, 6) is -0.0375. The van der Waals surface area contributed by atoms with E-state index in [9.17, 15) is 18.0 Å². The van der Waals surface area contributed by atoms with Gasteiger partial charge in [-0.2, -0.15) is 13.2 Å². The molecule has 3 aromatic rings. The number of nitrogens with zero attached hydrogens (tertiary/aromatic N) is 4. The summed E-state index contributed by atoms with van der Waals surface area (Å²) in [5.41, 5.74) is 2.57. The van der Waals surface area contributed by atoms with Crippen LogP contribution in [0.2, 0.25) is 0 Å². The number of aliphatic imine (C=N–C) groups is 1. The van der Waals surface area contributed by atoms with E-state index in [0.717, 1.165) is 29.9 Å². The van der Waals surface area contributed by atoms with Gasteiger partial charge in [-0.15, -0.1) is 5.10 Å². The number of hydrogen-bond donors (Lipinski definition) is 2. The molecule has 1 aliphatic carbocycles. The van der Waals surface area contributed by atoms with Crippen LogP contribution in [-0.2, 0) is 17.5 Å². The Morgan fingerprint density at radius 3 is 2.72 bits per heavy atom. The molecule has 0 unspecified atom stereocenters. The maximum absolute atomic E-state index is 13.7. The molecule has 0 radical (unpaired) electrons. The molecular formula is C26H27F3N6O. The van der Waals surface area contributed by atoms with Crippen LogP contribution >= 0.6 is 0 Å². The zero-order chi connectivity index (χ0) is 25.4. The van der Waals surface area contributed by atoms with Gasteiger partial charge in [0.05, 0.1) is 46.6 Å². The fourth-order valence-corrected chi connectivity index (χ4v) is 4.36. The van der Waals surface area contributed by atoms with Gasteiger partial charge in [0.1, 0.15) is 0 Å². The van der Waals surface area contributed by atoms with Crippen LogP contribution in [0.25, 0.3) is 5.69 Å². The van der Waals surface area contributed by atoms with E-state index in [1.807, 2.05) is 24.3 Å². The van der Waals surface area contributed by atoms with Gasteiger partial charge in [0.25, 0.3) is 0 Å². The first kappa shape index (κ1) is 24.2. The van der Waals surface area contributed by atoms with Crippen molar-refractivity contribution in [3.8, 4) is 5.69 Å². The van der Waals surface area contributed by atoms with Crippen molar-refractivity contribution < 1.29 is 18.0 Å². The van der Waals surface area contributed by atoms with Crippen molar-refractivity contribution in [2.24, 2.45) is 10.9 Å². The zero-order valence-electron chi connectivity index (χ0n) is 20.1. The molecule has 2 heterocycles. The Morgan fingerprint density at radius 2 is 2.00 bits per heavy atom. The topological polar surface area (TPSA) is 84.2 Å². The van der Waals surface area contributed by atoms with Crippen molar-refractivity contribution in [2.45, 2.75) is 51.7 Å². The molecule has 10 heteroatoms. The predicted molar refractivity (Wildman–Crippen MR) is 131 cm³/mol. The lowest BCUT2D eigenvalue weighted by Gasteiger charge is -2.18. The van der Waals surface area contributed by atoms with E-state index in [0.29, 0.717) is 23.5 Å². The van der Waals surface area contributed by atoms with Crippen molar-refractivity contribution in [1.82, 2.24) is 20.3 Å². The predicted octanol–water partition coefficient (Wildman–Crippen LogP) is 5.37. The number of amides is 1. The molecule has 1 amide bonds. The van der Waals surface area contributed by atoms with E-state index >= 15 is 0 Å². The summed E-state index contributed by atoms with van der Waals surface area (Å²) in [6.45, 7) is 5.00. The second-order valence-electron chi connectivity index (χ2n) is 9.65. The number of hydrogen-bond acceptors (Lipinski definition) is 5. The number of anilines is 1. The van der Waals surface area contributed by atoms with Crippen LogP contribution in [0.3, 0.4) is 0 Å². The summed E-state index contributed by atoms with van der Waals surface area (Å²) in [7, 11) is 0. The van der Waals surface area contributed by atoms with Gasteiger partial charge in [0.15, 0.2) is 0 Å². The lowest BCUT2D eigenvalue weighted by atomic mass is 9.95. The summed E-state index contributed by atoms with van der Waals surface area (Å²) in [5, 5.41) is 14.3. The summed E-state index contributed by atoms with van der Waals surface area (Å²) in [6.07, 6.45) is -0.354. The van der Waals surface area contributed by atoms with Crippen LogP contribution < -0.4 is 10.6 Å². The highest BCUT2D eigenvalue weighted by Gasteiger charge is 2.35. The van der Waals surface area contributed by atoms with Gasteiger partial charge in [0, 0.05) is 6.54 Å². The molecule has 0 atom stereocenters. The highest BCUT2D eigenvalue weighted by Crippen LogP contribution is 2.42. The molecule has 1 aliphatic heterocycles. The minimum atomic E-state index is -4.53. The summed E-state index contributed by atoms with van der Waals surface area (Å²) >= 11 is 0. The molecule has 2 aromatic carbocycles. The van der Waals surface area contributed by atoms with E-state index in [2.05, 4.69) is 25.9 Å². The number of aromatic nitrogens is 3. The Labute approximate surface area is 206 Å². The molecule has 0 saturated heterocycles. The number of carbonyl (C=O) groups excluding carboxylic acids is 1. The highest BCUT2D eigenvalue weighted by atomic mass is 19.4. The van der Waals surface area contributed by atoms with Crippen LogP contribution in [0.5, 0.6) is 0 Å². The number of nitrogens with one attached hydrogen (secondary N) is 2. The molecule has 36 heavy (non-hydrogen) atoms. The van der Waals surface area contributed by atoms with Gasteiger partial charge in [0.2, 0.25) is 5.91 Å². The standard InChI is InChI=1S/C26H27F3N6O/c1-15(2)20-9-23-24(10-21(20)26(27,28)29)33-25(36)11-22(32-23)17-4-3-5-18(8-17)35-19(14-31-34-35)13-30-12-16-6-7-16/h3-5,8-10,14-16,30H,6-7,11-13H2,1-2H3,(H,33,36). The normalized spacial score (nSPS) is 15.9. The fraction of sp³-hybridized carbons (Fsp3) is 0.385. The van der Waals surface area contributed by atoms with Crippen molar-refractivity contribution in [1.29, 1.82) is 0 Å². The third kappa shape index (κ3) is 5.18. The molecule has 1 aromatic heterocycles. The van der Waals surface area contributed by atoms with Crippen LogP contribution in [0.15, 0.2) is 47.6 Å². The second-order valence-corrected chi connectivity index (χ2v) is 9.65. The number of carbonyl (C=O) groups is 1. The molecule has 7 nitrogen and oxygen atoms in total. The fourth-order valence-electron chi connectivity index (χ4n) is 4.36. The van der Waals surface area contributed by atoms with Crippen molar-refractivity contribution in [2.75, 3.05) is 11.9 Å². The Bertz CT molecular complexity index is 1320. The maximum Gasteiger partial charge on any atom is 0.416 e. The first-order chi connectivity index (χ1) is 17.2. The minimum Gasteiger partial charge on any atom is -0.324 e. The van der Waals surface area contributed by atoms with Crippen molar-refractivity contribution in [3.63, 3.8) is 0 Å². The zero-order valence-corrected chi connectivity index (χ0v) is 20.1. The van der Waals surface area contributed by atoms with Gasteiger partial charge < -0.3 is 10.6 Å². The van der Waals surface area contributed by atoms with Crippen molar-refractivity contribution in [3.05, 3.63) is 65.0 Å². The molecule has 0 spiro atoms. The Kier molecular flexibility index (Phi) is 6.38. The van der Waals surface area contributed by atoms with Gasteiger partial charge in [-0.1, -0.05) is 31.2 Å². The van der Waals surface area contributed by atoms with Gasteiger partial charge in [-0.25, -0.2) is 4.68 Å². The van der Waals surface area contributed by atoms with E-state index in [-0.39, 0.29) is 23.6 Å². The Hall–Kier alpha value is -3.53. The van der Waals surface area contributed by atoms with Crippen LogP contribution in [-0.4, -0.2) is 33.2 Å². The highest BCUT2D eigenvalue weighted by molar-refractivity contribution is 6.17. The second kappa shape index (κ2) is 9.50. The lowest BCUT2D eigenvalue weighted by Crippen LogP contribution is -2.19. The molecule has 1 saturated carbocycles. The molecule has 5 rings (SSSR count). The van der Waals surface area contributed by atoms with Gasteiger partial charge >= 0.3 is 6.18 Å². The molecule has 2 N–H and O–H groups in total. The van der Waals surface area contributed by atoms with E-state index in [1.54, 1.807) is 24.7 Å². The molecule has 188 valence electrons. The quantitative estimate of drug-likeness (QED) is 0.461. The van der Waals surface area contributed by atoms with Crippen LogP contribution in [0.1, 0.15) is 61.4 Å². The summed E-state index contributed by atoms with van der Waals surface area (Å²) < 4.78 is 42.8. The van der Waals surface area contributed by atoms with Gasteiger partial charge in [-0.05, 0) is 66.6 Å². The Morgan fingerprint density at radius 1 is 1.19 bits per heavy atom. The number of fused-ring (bicyclic) bond motifs is 1. The summed E-state index contributed by atoms with van der Waals surface area (Å²) in [4.78, 5) is 17.3. The first-order valence-corrected chi connectivity index (χ1v) is 12.0. The largest absolute Gasteiger partial charge is 0.416 e. The molecule has 1 fully saturated rings.